The molecule has 9 heteroatoms. The van der Waals surface area contributed by atoms with Gasteiger partial charge in [0.1, 0.15) is 5.75 Å². The summed E-state index contributed by atoms with van der Waals surface area (Å²) in [5.41, 5.74) is 0.486. The second-order valence-corrected chi connectivity index (χ2v) is 6.78. The number of carbonyl (C=O) groups excluding carboxylic acids is 2. The zero-order valence-electron chi connectivity index (χ0n) is 14.4. The third kappa shape index (κ3) is 6.11. The van der Waals surface area contributed by atoms with Crippen LogP contribution in [0.25, 0.3) is 0 Å². The Morgan fingerprint density at radius 3 is 2.41 bits per heavy atom. The highest BCUT2D eigenvalue weighted by molar-refractivity contribution is 7.99. The normalized spacial score (nSPS) is 11.8. The minimum absolute atomic E-state index is 0.147. The first-order valence-corrected chi connectivity index (χ1v) is 8.96. The molecule has 144 valence electrons. The van der Waals surface area contributed by atoms with Crippen molar-refractivity contribution in [2.45, 2.75) is 23.7 Å². The Morgan fingerprint density at radius 1 is 1.15 bits per heavy atom. The van der Waals surface area contributed by atoms with Crippen LogP contribution in [0.4, 0.5) is 14.5 Å². The number of amides is 1. The largest absolute Gasteiger partial charge is 0.495 e. The summed E-state index contributed by atoms with van der Waals surface area (Å²) in [6, 6.07) is 10.2. The van der Waals surface area contributed by atoms with Gasteiger partial charge in [-0.3, -0.25) is 4.79 Å². The van der Waals surface area contributed by atoms with Crippen LogP contribution in [0, 0.1) is 0 Å². The van der Waals surface area contributed by atoms with E-state index in [4.69, 9.17) is 21.1 Å². The number of carbonyl (C=O) groups is 2. The van der Waals surface area contributed by atoms with Crippen molar-refractivity contribution >= 4 is 40.9 Å². The molecule has 1 amide bonds. The van der Waals surface area contributed by atoms with E-state index in [-0.39, 0.29) is 5.56 Å². The van der Waals surface area contributed by atoms with Crippen molar-refractivity contribution in [3.63, 3.8) is 0 Å². The summed E-state index contributed by atoms with van der Waals surface area (Å²) < 4.78 is 34.9. The van der Waals surface area contributed by atoms with Crippen molar-refractivity contribution < 1.29 is 27.8 Å². The number of hydrogen-bond donors (Lipinski definition) is 1. The fourth-order valence-corrected chi connectivity index (χ4v) is 2.74. The minimum Gasteiger partial charge on any atom is -0.495 e. The molecule has 1 atom stereocenters. The van der Waals surface area contributed by atoms with E-state index < -0.39 is 23.7 Å². The number of nitrogens with one attached hydrogen (secondary N) is 1. The molecule has 0 saturated heterocycles. The zero-order chi connectivity index (χ0) is 20.0. The SMILES string of the molecule is COc1ccc(Cl)cc1NC(=O)C(C)OC(=O)c1ccc(SC(F)F)cc1. The molecule has 0 fully saturated rings. The maximum atomic E-state index is 12.3. The highest BCUT2D eigenvalue weighted by atomic mass is 35.5. The van der Waals surface area contributed by atoms with Crippen molar-refractivity contribution in [3.8, 4) is 5.75 Å². The average molecular weight is 416 g/mol. The first-order chi connectivity index (χ1) is 12.8. The van der Waals surface area contributed by atoms with Crippen LogP contribution in [-0.2, 0) is 9.53 Å². The molecule has 0 saturated carbocycles. The molecular weight excluding hydrogens is 400 g/mol. The van der Waals surface area contributed by atoms with Crippen molar-refractivity contribution in [1.82, 2.24) is 0 Å². The lowest BCUT2D eigenvalue weighted by molar-refractivity contribution is -0.123. The lowest BCUT2D eigenvalue weighted by atomic mass is 10.2. The van der Waals surface area contributed by atoms with Gasteiger partial charge in [0, 0.05) is 9.92 Å². The number of anilines is 1. The van der Waals surface area contributed by atoms with Gasteiger partial charge in [0.05, 0.1) is 18.4 Å². The molecular formula is C18H16ClF2NO4S. The Morgan fingerprint density at radius 2 is 1.81 bits per heavy atom. The van der Waals surface area contributed by atoms with Crippen LogP contribution in [0.1, 0.15) is 17.3 Å². The van der Waals surface area contributed by atoms with Gasteiger partial charge in [-0.05, 0) is 49.4 Å². The van der Waals surface area contributed by atoms with Gasteiger partial charge < -0.3 is 14.8 Å². The molecule has 0 aliphatic heterocycles. The number of benzene rings is 2. The molecule has 2 aromatic rings. The van der Waals surface area contributed by atoms with E-state index in [9.17, 15) is 18.4 Å². The summed E-state index contributed by atoms with van der Waals surface area (Å²) in [7, 11) is 1.44. The van der Waals surface area contributed by atoms with Crippen LogP contribution in [0.3, 0.4) is 0 Å². The Kier molecular flexibility index (Phi) is 7.44. The fourth-order valence-electron chi connectivity index (χ4n) is 2.07. The number of esters is 1. The zero-order valence-corrected chi connectivity index (χ0v) is 15.9. The second kappa shape index (κ2) is 9.57. The summed E-state index contributed by atoms with van der Waals surface area (Å²) in [6.45, 7) is 1.41. The van der Waals surface area contributed by atoms with E-state index in [0.29, 0.717) is 33.1 Å². The standard InChI is InChI=1S/C18H16ClF2NO4S/c1-10(16(23)22-14-9-12(19)5-8-15(14)25-2)26-17(24)11-3-6-13(7-4-11)27-18(20)21/h3-10,18H,1-2H3,(H,22,23). The van der Waals surface area contributed by atoms with E-state index in [2.05, 4.69) is 5.32 Å². The maximum Gasteiger partial charge on any atom is 0.338 e. The number of rotatable bonds is 7. The van der Waals surface area contributed by atoms with E-state index in [0.717, 1.165) is 0 Å². The maximum absolute atomic E-state index is 12.3. The number of ether oxygens (including phenoxy) is 2. The van der Waals surface area contributed by atoms with Crippen molar-refractivity contribution in [1.29, 1.82) is 0 Å². The topological polar surface area (TPSA) is 64.6 Å². The smallest absolute Gasteiger partial charge is 0.338 e. The second-order valence-electron chi connectivity index (χ2n) is 5.28. The number of alkyl halides is 2. The molecule has 0 heterocycles. The van der Waals surface area contributed by atoms with E-state index in [1.807, 2.05) is 0 Å². The van der Waals surface area contributed by atoms with Crippen LogP contribution in [0.15, 0.2) is 47.4 Å². The molecule has 2 aromatic carbocycles. The third-order valence-electron chi connectivity index (χ3n) is 3.39. The van der Waals surface area contributed by atoms with Crippen molar-refractivity contribution in [2.24, 2.45) is 0 Å². The van der Waals surface area contributed by atoms with Gasteiger partial charge >= 0.3 is 5.97 Å². The van der Waals surface area contributed by atoms with Gasteiger partial charge in [0.25, 0.3) is 11.7 Å². The average Bonchev–Trinajstić information content (AvgIpc) is 2.61. The van der Waals surface area contributed by atoms with Gasteiger partial charge in [-0.1, -0.05) is 23.4 Å². The fraction of sp³-hybridized carbons (Fsp3) is 0.222. The molecule has 1 unspecified atom stereocenters. The molecule has 5 nitrogen and oxygen atoms in total. The van der Waals surface area contributed by atoms with Gasteiger partial charge in [0.15, 0.2) is 6.10 Å². The van der Waals surface area contributed by atoms with Crippen molar-refractivity contribution in [2.75, 3.05) is 12.4 Å². The quantitative estimate of drug-likeness (QED) is 0.517. The lowest BCUT2D eigenvalue weighted by Gasteiger charge is -2.15. The molecule has 1 N–H and O–H groups in total. The Labute approximate surface area is 164 Å². The first kappa shape index (κ1) is 21.0. The molecule has 0 bridgehead atoms. The molecule has 27 heavy (non-hydrogen) atoms. The number of halogens is 3. The van der Waals surface area contributed by atoms with Gasteiger partial charge in [-0.2, -0.15) is 8.78 Å². The van der Waals surface area contributed by atoms with Crippen molar-refractivity contribution in [3.05, 3.63) is 53.1 Å². The van der Waals surface area contributed by atoms with Crippen LogP contribution in [-0.4, -0.2) is 30.8 Å². The molecule has 0 aliphatic carbocycles. The van der Waals surface area contributed by atoms with Crippen LogP contribution in [0.5, 0.6) is 5.75 Å². The highest BCUT2D eigenvalue weighted by Crippen LogP contribution is 2.28. The molecule has 0 aliphatic rings. The van der Waals surface area contributed by atoms with E-state index in [1.54, 1.807) is 12.1 Å². The summed E-state index contributed by atoms with van der Waals surface area (Å²) >= 11 is 6.28. The summed E-state index contributed by atoms with van der Waals surface area (Å²) in [4.78, 5) is 24.7. The molecule has 0 aromatic heterocycles. The van der Waals surface area contributed by atoms with Crippen LogP contribution >= 0.6 is 23.4 Å². The van der Waals surface area contributed by atoms with Crippen LogP contribution < -0.4 is 10.1 Å². The predicted octanol–water partition coefficient (Wildman–Crippen LogP) is 4.85. The number of methoxy groups -OCH3 is 1. The molecule has 0 radical (unpaired) electrons. The molecule has 2 rings (SSSR count). The monoisotopic (exact) mass is 415 g/mol. The molecule has 0 spiro atoms. The Bertz CT molecular complexity index is 818. The Hall–Kier alpha value is -2.32. The number of hydrogen-bond acceptors (Lipinski definition) is 5. The Balaban J connectivity index is 1.99. The van der Waals surface area contributed by atoms with E-state index >= 15 is 0 Å². The summed E-state index contributed by atoms with van der Waals surface area (Å²) in [6.07, 6.45) is -1.10. The van der Waals surface area contributed by atoms with Gasteiger partial charge in [0.2, 0.25) is 0 Å². The summed E-state index contributed by atoms with van der Waals surface area (Å²) in [5.74, 6) is -3.47. The first-order valence-electron chi connectivity index (χ1n) is 7.70. The highest BCUT2D eigenvalue weighted by Gasteiger charge is 2.20. The van der Waals surface area contributed by atoms with Crippen LogP contribution in [0.2, 0.25) is 5.02 Å². The van der Waals surface area contributed by atoms with Gasteiger partial charge in [-0.15, -0.1) is 0 Å². The summed E-state index contributed by atoms with van der Waals surface area (Å²) in [5, 5.41) is 2.98. The minimum atomic E-state index is -2.55. The lowest BCUT2D eigenvalue weighted by Crippen LogP contribution is -2.30. The number of thioether (sulfide) groups is 1. The predicted molar refractivity (Wildman–Crippen MR) is 99.8 cm³/mol. The third-order valence-corrected chi connectivity index (χ3v) is 4.35. The van der Waals surface area contributed by atoms with Gasteiger partial charge in [-0.25, -0.2) is 4.79 Å². The van der Waals surface area contributed by atoms with E-state index in [1.165, 1.54) is 44.4 Å².